The summed E-state index contributed by atoms with van der Waals surface area (Å²) in [6.45, 7) is 0.638. The van der Waals surface area contributed by atoms with Crippen LogP contribution in [0.15, 0.2) is 82.2 Å². The lowest BCUT2D eigenvalue weighted by Crippen LogP contribution is -2.34. The Morgan fingerprint density at radius 2 is 1.89 bits per heavy atom. The molecule has 0 saturated carbocycles. The summed E-state index contributed by atoms with van der Waals surface area (Å²) in [6, 6.07) is 0. The van der Waals surface area contributed by atoms with Gasteiger partial charge in [0.15, 0.2) is 0 Å². The van der Waals surface area contributed by atoms with E-state index >= 15 is 0 Å². The summed E-state index contributed by atoms with van der Waals surface area (Å²) in [5.74, 6) is 0.906. The summed E-state index contributed by atoms with van der Waals surface area (Å²) in [5.41, 5.74) is 6.28. The van der Waals surface area contributed by atoms with Crippen LogP contribution in [0.2, 0.25) is 0 Å². The molecule has 0 amide bonds. The molecule has 2 atom stereocenters. The van der Waals surface area contributed by atoms with Gasteiger partial charge in [-0.15, -0.1) is 0 Å². The van der Waals surface area contributed by atoms with Crippen molar-refractivity contribution in [1.29, 1.82) is 0 Å². The molecule has 0 fully saturated rings. The summed E-state index contributed by atoms with van der Waals surface area (Å²) in [5, 5.41) is 0. The SMILES string of the molecule is O=C1OC2CC(OCC3=C4CCC=CC4=CCC3)=CC=CC2C2=C1CCC=C2. The number of carbonyl (C=O) groups is 1. The van der Waals surface area contributed by atoms with Gasteiger partial charge < -0.3 is 9.47 Å². The predicted octanol–water partition coefficient (Wildman–Crippen LogP) is 5.40. The number of allylic oxidation sites excluding steroid dienone is 9. The van der Waals surface area contributed by atoms with Gasteiger partial charge in [0.2, 0.25) is 0 Å². The van der Waals surface area contributed by atoms with Crippen LogP contribution >= 0.6 is 0 Å². The van der Waals surface area contributed by atoms with Gasteiger partial charge in [-0.25, -0.2) is 4.79 Å². The van der Waals surface area contributed by atoms with Crippen LogP contribution in [0.4, 0.5) is 0 Å². The van der Waals surface area contributed by atoms with Gasteiger partial charge in [-0.05, 0) is 66.9 Å². The molecule has 5 rings (SSSR count). The number of carbonyl (C=O) groups excluding carboxylic acids is 1. The molecule has 0 spiro atoms. The maximum absolute atomic E-state index is 12.4. The van der Waals surface area contributed by atoms with Crippen molar-refractivity contribution in [3.05, 3.63) is 82.2 Å². The summed E-state index contributed by atoms with van der Waals surface area (Å²) >= 11 is 0. The fraction of sp³-hybridized carbons (Fsp3) is 0.400. The first-order chi connectivity index (χ1) is 13.8. The molecule has 3 nitrogen and oxygen atoms in total. The Kier molecular flexibility index (Phi) is 4.67. The molecular weight excluding hydrogens is 348 g/mol. The number of rotatable bonds is 3. The van der Waals surface area contributed by atoms with E-state index in [-0.39, 0.29) is 18.0 Å². The maximum Gasteiger partial charge on any atom is 0.334 e. The van der Waals surface area contributed by atoms with Crippen molar-refractivity contribution in [1.82, 2.24) is 0 Å². The highest BCUT2D eigenvalue weighted by Gasteiger charge is 2.37. The number of hydrogen-bond acceptors (Lipinski definition) is 3. The fourth-order valence-electron chi connectivity index (χ4n) is 4.90. The Bertz CT molecular complexity index is 904. The molecule has 144 valence electrons. The van der Waals surface area contributed by atoms with Gasteiger partial charge in [0.05, 0.1) is 0 Å². The fourth-order valence-corrected chi connectivity index (χ4v) is 4.90. The van der Waals surface area contributed by atoms with Crippen LogP contribution in [-0.2, 0) is 14.3 Å². The molecule has 0 N–H and O–H groups in total. The van der Waals surface area contributed by atoms with E-state index in [0.717, 1.165) is 55.4 Å². The average Bonchev–Trinajstić information content (AvgIpc) is 2.94. The van der Waals surface area contributed by atoms with Gasteiger partial charge >= 0.3 is 5.97 Å². The Hall–Kier alpha value is -2.55. The van der Waals surface area contributed by atoms with Crippen molar-refractivity contribution in [3.63, 3.8) is 0 Å². The highest BCUT2D eigenvalue weighted by atomic mass is 16.5. The summed E-state index contributed by atoms with van der Waals surface area (Å²) < 4.78 is 12.1. The van der Waals surface area contributed by atoms with E-state index in [4.69, 9.17) is 9.47 Å². The molecule has 0 saturated heterocycles. The highest BCUT2D eigenvalue weighted by Crippen LogP contribution is 2.39. The lowest BCUT2D eigenvalue weighted by atomic mass is 9.82. The summed E-state index contributed by atoms with van der Waals surface area (Å²) in [6.07, 6.45) is 24.0. The highest BCUT2D eigenvalue weighted by molar-refractivity contribution is 5.91. The molecule has 0 aromatic carbocycles. The molecule has 1 aliphatic heterocycles. The van der Waals surface area contributed by atoms with Gasteiger partial charge in [0, 0.05) is 17.9 Å². The maximum atomic E-state index is 12.4. The third-order valence-corrected chi connectivity index (χ3v) is 6.35. The second-order valence-electron chi connectivity index (χ2n) is 8.08. The molecule has 4 aliphatic carbocycles. The van der Waals surface area contributed by atoms with Crippen LogP contribution < -0.4 is 0 Å². The second kappa shape index (κ2) is 7.46. The van der Waals surface area contributed by atoms with Gasteiger partial charge in [-0.3, -0.25) is 0 Å². The van der Waals surface area contributed by atoms with Crippen LogP contribution in [0.25, 0.3) is 0 Å². The Balaban J connectivity index is 1.30. The van der Waals surface area contributed by atoms with E-state index in [2.05, 4.69) is 42.5 Å². The molecule has 3 heteroatoms. The molecule has 0 bridgehead atoms. The monoisotopic (exact) mass is 374 g/mol. The summed E-state index contributed by atoms with van der Waals surface area (Å²) in [4.78, 5) is 12.4. The van der Waals surface area contributed by atoms with Crippen molar-refractivity contribution in [2.75, 3.05) is 6.61 Å². The van der Waals surface area contributed by atoms with Crippen molar-refractivity contribution >= 4 is 5.97 Å². The zero-order valence-electron chi connectivity index (χ0n) is 16.2. The molecule has 5 aliphatic rings. The quantitative estimate of drug-likeness (QED) is 0.620. The molecule has 0 aromatic heterocycles. The van der Waals surface area contributed by atoms with E-state index in [9.17, 15) is 4.79 Å². The van der Waals surface area contributed by atoms with Gasteiger partial charge in [-0.2, -0.15) is 0 Å². The van der Waals surface area contributed by atoms with E-state index in [0.29, 0.717) is 13.0 Å². The normalized spacial score (nSPS) is 28.6. The van der Waals surface area contributed by atoms with Crippen molar-refractivity contribution in [2.24, 2.45) is 5.92 Å². The average molecular weight is 374 g/mol. The molecule has 2 unspecified atom stereocenters. The lowest BCUT2D eigenvalue weighted by molar-refractivity contribution is -0.148. The van der Waals surface area contributed by atoms with Gasteiger partial charge in [-0.1, -0.05) is 42.5 Å². The number of fused-ring (bicyclic) bond motifs is 3. The molecule has 28 heavy (non-hydrogen) atoms. The topological polar surface area (TPSA) is 35.5 Å². The minimum Gasteiger partial charge on any atom is -0.493 e. The van der Waals surface area contributed by atoms with E-state index in [1.54, 1.807) is 0 Å². The Labute approximate surface area is 166 Å². The van der Waals surface area contributed by atoms with Crippen LogP contribution in [0.5, 0.6) is 0 Å². The lowest BCUT2D eigenvalue weighted by Gasteiger charge is -2.33. The van der Waals surface area contributed by atoms with Gasteiger partial charge in [0.1, 0.15) is 18.5 Å². The first kappa shape index (κ1) is 17.5. The Morgan fingerprint density at radius 3 is 2.82 bits per heavy atom. The predicted molar refractivity (Wildman–Crippen MR) is 109 cm³/mol. The van der Waals surface area contributed by atoms with E-state index in [1.165, 1.54) is 16.7 Å². The molecule has 1 heterocycles. The van der Waals surface area contributed by atoms with E-state index < -0.39 is 0 Å². The van der Waals surface area contributed by atoms with Crippen LogP contribution in [0.1, 0.15) is 44.9 Å². The zero-order chi connectivity index (χ0) is 18.9. The number of ether oxygens (including phenoxy) is 2. The second-order valence-corrected chi connectivity index (χ2v) is 8.08. The minimum absolute atomic E-state index is 0.135. The molecule has 0 aromatic rings. The standard InChI is InChI=1S/C25H26O3/c26-25-23-13-4-3-12-21(23)22-14-6-10-19(15-24(22)28-25)27-16-18-9-5-8-17-7-1-2-11-20(17)18/h1,3,6-8,10,12,14,22,24H,2,4-5,9,11,13,15-16H2. The van der Waals surface area contributed by atoms with Crippen LogP contribution in [0, 0.1) is 5.92 Å². The van der Waals surface area contributed by atoms with Crippen LogP contribution in [0.3, 0.4) is 0 Å². The largest absolute Gasteiger partial charge is 0.493 e. The third-order valence-electron chi connectivity index (χ3n) is 6.35. The van der Waals surface area contributed by atoms with Crippen LogP contribution in [-0.4, -0.2) is 18.7 Å². The van der Waals surface area contributed by atoms with Crippen molar-refractivity contribution < 1.29 is 14.3 Å². The van der Waals surface area contributed by atoms with Crippen molar-refractivity contribution in [2.45, 2.75) is 51.0 Å². The molecule has 0 radical (unpaired) electrons. The number of esters is 1. The first-order valence-electron chi connectivity index (χ1n) is 10.5. The van der Waals surface area contributed by atoms with Crippen molar-refractivity contribution in [3.8, 4) is 0 Å². The zero-order valence-corrected chi connectivity index (χ0v) is 16.2. The first-order valence-corrected chi connectivity index (χ1v) is 10.5. The Morgan fingerprint density at radius 1 is 1.04 bits per heavy atom. The smallest absolute Gasteiger partial charge is 0.334 e. The molecular formula is C25H26O3. The van der Waals surface area contributed by atoms with Gasteiger partial charge in [0.25, 0.3) is 0 Å². The number of hydrogen-bond donors (Lipinski definition) is 0. The van der Waals surface area contributed by atoms with E-state index in [1.807, 2.05) is 6.08 Å². The summed E-state index contributed by atoms with van der Waals surface area (Å²) in [7, 11) is 0. The minimum atomic E-state index is -0.170. The third kappa shape index (κ3) is 3.23.